The van der Waals surface area contributed by atoms with E-state index in [1.807, 2.05) is 29.8 Å². The monoisotopic (exact) mass is 434 g/mol. The molecule has 0 aliphatic carbocycles. The van der Waals surface area contributed by atoms with Crippen molar-refractivity contribution in [3.8, 4) is 11.6 Å². The lowest BCUT2D eigenvalue weighted by Gasteiger charge is -2.08. The van der Waals surface area contributed by atoms with Gasteiger partial charge < -0.3 is 9.30 Å². The van der Waals surface area contributed by atoms with Crippen LogP contribution in [0.4, 0.5) is 8.78 Å². The van der Waals surface area contributed by atoms with Gasteiger partial charge in [0.05, 0.1) is 24.8 Å². The number of aryl methyl sites for hydroxylation is 2. The molecular weight excluding hydrogens is 414 g/mol. The first-order valence-electron chi connectivity index (χ1n) is 10.1. The third kappa shape index (κ3) is 3.77. The lowest BCUT2D eigenvalue weighted by atomic mass is 9.97. The molecule has 0 radical (unpaired) electrons. The highest BCUT2D eigenvalue weighted by Gasteiger charge is 2.28. The largest absolute Gasteiger partial charge is 0.479 e. The lowest BCUT2D eigenvalue weighted by Crippen LogP contribution is -2.00. The summed E-state index contributed by atoms with van der Waals surface area (Å²) in [4.78, 5) is 13.3. The number of benzene rings is 1. The maximum absolute atomic E-state index is 13.7. The maximum Gasteiger partial charge on any atom is 0.238 e. The van der Waals surface area contributed by atoms with Crippen LogP contribution in [0, 0.1) is 18.6 Å². The summed E-state index contributed by atoms with van der Waals surface area (Å²) in [6.07, 6.45) is 7.87. The number of halogens is 2. The Labute approximate surface area is 183 Å². The van der Waals surface area contributed by atoms with Gasteiger partial charge in [-0.15, -0.1) is 0 Å². The second-order valence-corrected chi connectivity index (χ2v) is 7.62. The third-order valence-electron chi connectivity index (χ3n) is 5.39. The average molecular weight is 434 g/mol. The smallest absolute Gasteiger partial charge is 0.238 e. The second-order valence-electron chi connectivity index (χ2n) is 7.62. The summed E-state index contributed by atoms with van der Waals surface area (Å²) in [6.45, 7) is 2.56. The third-order valence-corrected chi connectivity index (χ3v) is 5.39. The molecule has 0 saturated carbocycles. The number of pyridine rings is 1. The molecule has 1 aliphatic heterocycles. The molecular formula is C23H20F2N6O. The Morgan fingerprint density at radius 2 is 1.91 bits per heavy atom. The predicted octanol–water partition coefficient (Wildman–Crippen LogP) is 4.16. The molecule has 7 nitrogen and oxygen atoms in total. The number of ether oxygens (including phenoxy) is 1. The van der Waals surface area contributed by atoms with E-state index in [-0.39, 0.29) is 5.92 Å². The number of aromatic nitrogens is 6. The molecule has 1 aliphatic rings. The topological polar surface area (TPSA) is 70.7 Å². The molecule has 0 saturated heterocycles. The summed E-state index contributed by atoms with van der Waals surface area (Å²) < 4.78 is 36.4. The minimum absolute atomic E-state index is 0.189. The zero-order chi connectivity index (χ0) is 22.2. The van der Waals surface area contributed by atoms with E-state index in [1.165, 1.54) is 12.1 Å². The Morgan fingerprint density at radius 1 is 1.09 bits per heavy atom. The first-order chi connectivity index (χ1) is 15.5. The first kappa shape index (κ1) is 20.0. The molecule has 0 bridgehead atoms. The van der Waals surface area contributed by atoms with Crippen molar-refractivity contribution >= 4 is 12.2 Å². The molecule has 32 heavy (non-hydrogen) atoms. The molecule has 4 heterocycles. The first-order valence-corrected chi connectivity index (χ1v) is 10.1. The fourth-order valence-electron chi connectivity index (χ4n) is 3.94. The van der Waals surface area contributed by atoms with Gasteiger partial charge in [-0.05, 0) is 55.3 Å². The van der Waals surface area contributed by atoms with Gasteiger partial charge in [-0.25, -0.2) is 28.4 Å². The van der Waals surface area contributed by atoms with Gasteiger partial charge in [0.2, 0.25) is 5.88 Å². The number of fused-ring (bicyclic) bond motifs is 1. The molecule has 3 aromatic heterocycles. The highest BCUT2D eigenvalue weighted by Crippen LogP contribution is 2.33. The van der Waals surface area contributed by atoms with E-state index in [2.05, 4.69) is 20.1 Å². The summed E-state index contributed by atoms with van der Waals surface area (Å²) in [5, 5.41) is 4.50. The van der Waals surface area contributed by atoms with Gasteiger partial charge in [0.15, 0.2) is 5.82 Å². The molecule has 9 heteroatoms. The highest BCUT2D eigenvalue weighted by atomic mass is 19.1. The van der Waals surface area contributed by atoms with E-state index in [0.717, 1.165) is 17.4 Å². The van der Waals surface area contributed by atoms with Crippen LogP contribution in [0.5, 0.6) is 5.88 Å². The Morgan fingerprint density at radius 3 is 2.62 bits per heavy atom. The molecule has 0 N–H and O–H groups in total. The van der Waals surface area contributed by atoms with Crippen LogP contribution in [-0.4, -0.2) is 36.4 Å². The lowest BCUT2D eigenvalue weighted by molar-refractivity contribution is 0.395. The molecule has 0 spiro atoms. The summed E-state index contributed by atoms with van der Waals surface area (Å²) in [5.74, 6) is 0.312. The van der Waals surface area contributed by atoms with Crippen molar-refractivity contribution in [3.05, 3.63) is 83.1 Å². The van der Waals surface area contributed by atoms with Crippen molar-refractivity contribution in [3.63, 3.8) is 0 Å². The van der Waals surface area contributed by atoms with E-state index >= 15 is 0 Å². The second kappa shape index (κ2) is 7.99. The van der Waals surface area contributed by atoms with Gasteiger partial charge in [0.1, 0.15) is 23.1 Å². The van der Waals surface area contributed by atoms with Crippen LogP contribution in [0.2, 0.25) is 0 Å². The maximum atomic E-state index is 13.7. The van der Waals surface area contributed by atoms with Gasteiger partial charge in [0.25, 0.3) is 0 Å². The quantitative estimate of drug-likeness (QED) is 0.472. The number of methoxy groups -OCH3 is 1. The van der Waals surface area contributed by atoms with Gasteiger partial charge in [-0.2, -0.15) is 5.10 Å². The normalized spacial score (nSPS) is 15.4. The van der Waals surface area contributed by atoms with Gasteiger partial charge >= 0.3 is 0 Å². The number of nitrogens with zero attached hydrogens (tertiary/aromatic N) is 6. The number of hydrogen-bond donors (Lipinski definition) is 0. The fraction of sp³-hybridized carbons (Fsp3) is 0.217. The van der Waals surface area contributed by atoms with Crippen molar-refractivity contribution < 1.29 is 13.5 Å². The van der Waals surface area contributed by atoms with Crippen LogP contribution in [0.25, 0.3) is 17.8 Å². The van der Waals surface area contributed by atoms with E-state index in [1.54, 1.807) is 30.3 Å². The Hall–Kier alpha value is -3.88. The summed E-state index contributed by atoms with van der Waals surface area (Å²) >= 11 is 0. The van der Waals surface area contributed by atoms with Crippen LogP contribution in [0.15, 0.2) is 42.9 Å². The SMILES string of the molecule is COc1nc(C=Cc2nc3n(n2)CC[C@@H]3c2cc(F)cc(F)c2)ccc1-n1cnc(C)c1. The molecule has 0 amide bonds. The Balaban J connectivity index is 1.39. The van der Waals surface area contributed by atoms with E-state index in [0.29, 0.717) is 41.8 Å². The molecule has 0 fully saturated rings. The summed E-state index contributed by atoms with van der Waals surface area (Å²) in [6, 6.07) is 7.35. The number of rotatable bonds is 5. The summed E-state index contributed by atoms with van der Waals surface area (Å²) in [5.41, 5.74) is 2.94. The molecule has 0 unspecified atom stereocenters. The van der Waals surface area contributed by atoms with Gasteiger partial charge in [-0.1, -0.05) is 0 Å². The van der Waals surface area contributed by atoms with E-state index in [9.17, 15) is 8.78 Å². The number of imidazole rings is 1. The van der Waals surface area contributed by atoms with Crippen LogP contribution in [-0.2, 0) is 6.54 Å². The van der Waals surface area contributed by atoms with E-state index < -0.39 is 11.6 Å². The van der Waals surface area contributed by atoms with Crippen LogP contribution in [0.1, 0.15) is 40.9 Å². The van der Waals surface area contributed by atoms with Crippen LogP contribution < -0.4 is 4.74 Å². The predicted molar refractivity (Wildman–Crippen MR) is 114 cm³/mol. The molecule has 1 aromatic carbocycles. The minimum atomic E-state index is -0.590. The summed E-state index contributed by atoms with van der Waals surface area (Å²) in [7, 11) is 1.57. The zero-order valence-corrected chi connectivity index (χ0v) is 17.5. The van der Waals surface area contributed by atoms with Crippen molar-refractivity contribution in [2.45, 2.75) is 25.8 Å². The van der Waals surface area contributed by atoms with Crippen LogP contribution in [0.3, 0.4) is 0 Å². The van der Waals surface area contributed by atoms with Gasteiger partial charge in [0, 0.05) is 24.7 Å². The Kier molecular flexibility index (Phi) is 5.01. The molecule has 5 rings (SSSR count). The van der Waals surface area contributed by atoms with Crippen molar-refractivity contribution in [2.75, 3.05) is 7.11 Å². The van der Waals surface area contributed by atoms with Crippen molar-refractivity contribution in [1.82, 2.24) is 29.3 Å². The van der Waals surface area contributed by atoms with Crippen molar-refractivity contribution in [1.29, 1.82) is 0 Å². The van der Waals surface area contributed by atoms with Crippen molar-refractivity contribution in [2.24, 2.45) is 0 Å². The molecule has 162 valence electrons. The standard InChI is InChI=1S/C23H20F2N6O/c1-14-12-30(13-26-14)20-5-3-18(27-23(20)32-2)4-6-21-28-22-19(7-8-31(22)29-21)15-9-16(24)11-17(25)10-15/h3-6,9-13,19H,7-8H2,1-2H3/t19-/m1/s1. The average Bonchev–Trinajstić information content (AvgIpc) is 3.47. The zero-order valence-electron chi connectivity index (χ0n) is 17.5. The van der Waals surface area contributed by atoms with Gasteiger partial charge in [-0.3, -0.25) is 0 Å². The fourth-order valence-corrected chi connectivity index (χ4v) is 3.94. The number of hydrogen-bond acceptors (Lipinski definition) is 5. The van der Waals surface area contributed by atoms with Crippen LogP contribution >= 0.6 is 0 Å². The molecule has 4 aromatic rings. The highest BCUT2D eigenvalue weighted by molar-refractivity contribution is 5.65. The molecule has 1 atom stereocenters. The Bertz CT molecular complexity index is 1310. The van der Waals surface area contributed by atoms with E-state index in [4.69, 9.17) is 4.74 Å². The minimum Gasteiger partial charge on any atom is -0.479 e.